The van der Waals surface area contributed by atoms with E-state index in [1.165, 1.54) is 0 Å². The van der Waals surface area contributed by atoms with E-state index in [-0.39, 0.29) is 6.61 Å². The Balaban J connectivity index is 3.60. The summed E-state index contributed by atoms with van der Waals surface area (Å²) < 4.78 is 26.2. The van der Waals surface area contributed by atoms with E-state index in [0.717, 1.165) is 10.7 Å². The van der Waals surface area contributed by atoms with E-state index in [1.54, 1.807) is 4.99 Å². The highest BCUT2D eigenvalue weighted by molar-refractivity contribution is 9.14. The zero-order valence-electron chi connectivity index (χ0n) is 5.88. The van der Waals surface area contributed by atoms with Gasteiger partial charge >= 0.3 is 0 Å². The number of halogens is 2. The Labute approximate surface area is 83.2 Å². The standard InChI is InChI=1S/C5H8Br2O3S/c1-11(8,9)10-3-2-5(7)4-6/h4H,2-3H2,1H3/b5-4-. The van der Waals surface area contributed by atoms with E-state index in [0.29, 0.717) is 6.42 Å². The van der Waals surface area contributed by atoms with E-state index in [2.05, 4.69) is 36.0 Å². The molecule has 0 saturated carbocycles. The van der Waals surface area contributed by atoms with E-state index in [1.807, 2.05) is 0 Å². The molecule has 0 N–H and O–H groups in total. The van der Waals surface area contributed by atoms with Crippen molar-refractivity contribution in [2.75, 3.05) is 12.9 Å². The van der Waals surface area contributed by atoms with E-state index < -0.39 is 10.1 Å². The molecule has 0 unspecified atom stereocenters. The Morgan fingerprint density at radius 1 is 1.64 bits per heavy atom. The summed E-state index contributed by atoms with van der Waals surface area (Å²) in [5, 5.41) is 0. The Hall–Kier alpha value is 0.610. The molecule has 0 rings (SSSR count). The number of hydrogen-bond acceptors (Lipinski definition) is 3. The van der Waals surface area contributed by atoms with Crippen molar-refractivity contribution in [2.24, 2.45) is 0 Å². The van der Waals surface area contributed by atoms with Crippen LogP contribution in [0.1, 0.15) is 6.42 Å². The third-order valence-electron chi connectivity index (χ3n) is 0.757. The van der Waals surface area contributed by atoms with Gasteiger partial charge in [-0.25, -0.2) is 0 Å². The van der Waals surface area contributed by atoms with Crippen LogP contribution in [0.4, 0.5) is 0 Å². The molecule has 11 heavy (non-hydrogen) atoms. The minimum atomic E-state index is -3.29. The van der Waals surface area contributed by atoms with Gasteiger partial charge in [-0.3, -0.25) is 4.18 Å². The number of rotatable bonds is 4. The summed E-state index contributed by atoms with van der Waals surface area (Å²) in [7, 11) is -3.29. The lowest BCUT2D eigenvalue weighted by Gasteiger charge is -1.98. The Morgan fingerprint density at radius 3 is 2.55 bits per heavy atom. The average Bonchev–Trinajstić information content (AvgIpc) is 1.85. The van der Waals surface area contributed by atoms with Crippen molar-refractivity contribution in [1.82, 2.24) is 0 Å². The lowest BCUT2D eigenvalue weighted by Crippen LogP contribution is -2.03. The van der Waals surface area contributed by atoms with Gasteiger partial charge in [-0.1, -0.05) is 31.9 Å². The first-order valence-electron chi connectivity index (χ1n) is 2.75. The van der Waals surface area contributed by atoms with Crippen molar-refractivity contribution < 1.29 is 12.6 Å². The van der Waals surface area contributed by atoms with Crippen LogP contribution in [-0.4, -0.2) is 21.3 Å². The molecule has 0 heterocycles. The van der Waals surface area contributed by atoms with Crippen LogP contribution in [0.15, 0.2) is 9.47 Å². The molecule has 6 heteroatoms. The van der Waals surface area contributed by atoms with Gasteiger partial charge in [0, 0.05) is 10.9 Å². The zero-order valence-corrected chi connectivity index (χ0v) is 9.87. The normalized spacial score (nSPS) is 13.5. The maximum absolute atomic E-state index is 10.4. The molecular formula is C5H8Br2O3S. The maximum Gasteiger partial charge on any atom is 0.264 e. The van der Waals surface area contributed by atoms with E-state index in [4.69, 9.17) is 0 Å². The molecule has 0 aromatic carbocycles. The first kappa shape index (κ1) is 11.6. The molecule has 0 aliphatic heterocycles. The van der Waals surface area contributed by atoms with Crippen LogP contribution in [0, 0.1) is 0 Å². The second kappa shape index (κ2) is 5.29. The molecule has 0 spiro atoms. The van der Waals surface area contributed by atoms with Gasteiger partial charge in [0.15, 0.2) is 0 Å². The van der Waals surface area contributed by atoms with Gasteiger partial charge < -0.3 is 0 Å². The molecule has 0 fully saturated rings. The molecule has 3 nitrogen and oxygen atoms in total. The second-order valence-electron chi connectivity index (χ2n) is 1.83. The van der Waals surface area contributed by atoms with Gasteiger partial charge in [-0.2, -0.15) is 8.42 Å². The van der Waals surface area contributed by atoms with Gasteiger partial charge in [0.25, 0.3) is 10.1 Å². The van der Waals surface area contributed by atoms with Crippen molar-refractivity contribution in [1.29, 1.82) is 0 Å². The molecule has 0 bridgehead atoms. The fourth-order valence-corrected chi connectivity index (χ4v) is 1.12. The van der Waals surface area contributed by atoms with Crippen LogP contribution < -0.4 is 0 Å². The predicted molar refractivity (Wildman–Crippen MR) is 51.3 cm³/mol. The van der Waals surface area contributed by atoms with Crippen LogP contribution in [0.3, 0.4) is 0 Å². The minimum absolute atomic E-state index is 0.168. The average molecular weight is 308 g/mol. The molecule has 0 aromatic rings. The van der Waals surface area contributed by atoms with Crippen molar-refractivity contribution in [3.05, 3.63) is 9.47 Å². The number of hydrogen-bond donors (Lipinski definition) is 0. The van der Waals surface area contributed by atoms with Crippen LogP contribution in [-0.2, 0) is 14.3 Å². The summed E-state index contributed by atoms with van der Waals surface area (Å²) in [5.41, 5.74) is 0. The minimum Gasteiger partial charge on any atom is -0.270 e. The van der Waals surface area contributed by atoms with Crippen LogP contribution in [0.5, 0.6) is 0 Å². The molecular weight excluding hydrogens is 300 g/mol. The molecule has 0 amide bonds. The van der Waals surface area contributed by atoms with Crippen molar-refractivity contribution in [3.8, 4) is 0 Å². The van der Waals surface area contributed by atoms with Crippen molar-refractivity contribution in [3.63, 3.8) is 0 Å². The van der Waals surface area contributed by atoms with Crippen molar-refractivity contribution in [2.45, 2.75) is 6.42 Å². The monoisotopic (exact) mass is 306 g/mol. The van der Waals surface area contributed by atoms with Gasteiger partial charge in [0.1, 0.15) is 0 Å². The molecule has 0 saturated heterocycles. The van der Waals surface area contributed by atoms with E-state index in [9.17, 15) is 8.42 Å². The summed E-state index contributed by atoms with van der Waals surface area (Å²) in [4.78, 5) is 1.67. The van der Waals surface area contributed by atoms with Crippen LogP contribution in [0.25, 0.3) is 0 Å². The first-order chi connectivity index (χ1) is 4.95. The maximum atomic E-state index is 10.4. The Kier molecular flexibility index (Phi) is 5.58. The van der Waals surface area contributed by atoms with Crippen LogP contribution in [0.2, 0.25) is 0 Å². The van der Waals surface area contributed by atoms with Crippen LogP contribution >= 0.6 is 31.9 Å². The van der Waals surface area contributed by atoms with E-state index >= 15 is 0 Å². The topological polar surface area (TPSA) is 43.4 Å². The molecule has 66 valence electrons. The molecule has 0 aliphatic rings. The van der Waals surface area contributed by atoms with Gasteiger partial charge in [0.2, 0.25) is 0 Å². The molecule has 0 radical (unpaired) electrons. The van der Waals surface area contributed by atoms with Gasteiger partial charge in [-0.05, 0) is 4.99 Å². The Bertz CT molecular complexity index is 232. The highest BCUT2D eigenvalue weighted by Crippen LogP contribution is 2.12. The zero-order chi connectivity index (χ0) is 8.91. The third-order valence-corrected chi connectivity index (χ3v) is 3.14. The highest BCUT2D eigenvalue weighted by Gasteiger charge is 2.00. The Morgan fingerprint density at radius 2 is 2.18 bits per heavy atom. The predicted octanol–water partition coefficient (Wildman–Crippen LogP) is 1.98. The summed E-state index contributed by atoms with van der Waals surface area (Å²) in [6.07, 6.45) is 1.57. The highest BCUT2D eigenvalue weighted by atomic mass is 79.9. The summed E-state index contributed by atoms with van der Waals surface area (Å²) in [6.45, 7) is 0.168. The summed E-state index contributed by atoms with van der Waals surface area (Å²) in [6, 6.07) is 0. The smallest absolute Gasteiger partial charge is 0.264 e. The molecule has 0 aliphatic carbocycles. The fourth-order valence-electron chi connectivity index (χ4n) is 0.345. The fraction of sp³-hybridized carbons (Fsp3) is 0.600. The second-order valence-corrected chi connectivity index (χ2v) is 4.95. The van der Waals surface area contributed by atoms with Crippen molar-refractivity contribution >= 4 is 42.0 Å². The third kappa shape index (κ3) is 8.52. The SMILES string of the molecule is CS(=O)(=O)OCC/C(Br)=C/Br. The van der Waals surface area contributed by atoms with Gasteiger partial charge in [0.05, 0.1) is 12.9 Å². The lowest BCUT2D eigenvalue weighted by molar-refractivity contribution is 0.328. The summed E-state index contributed by atoms with van der Waals surface area (Å²) in [5.74, 6) is 0. The van der Waals surface area contributed by atoms with Gasteiger partial charge in [-0.15, -0.1) is 0 Å². The molecule has 0 aromatic heterocycles. The lowest BCUT2D eigenvalue weighted by atomic mass is 10.5. The largest absolute Gasteiger partial charge is 0.270 e. The quantitative estimate of drug-likeness (QED) is 0.746. The first-order valence-corrected chi connectivity index (χ1v) is 6.27. The summed E-state index contributed by atoms with van der Waals surface area (Å²) >= 11 is 6.27. The molecule has 0 atom stereocenters.